The van der Waals surface area contributed by atoms with E-state index in [-0.39, 0.29) is 11.9 Å². The molecule has 1 aliphatic heterocycles. The molecule has 3 heterocycles. The average Bonchev–Trinajstić information content (AvgIpc) is 3.36. The molecule has 122 valence electrons. The molecule has 7 nitrogen and oxygen atoms in total. The first-order chi connectivity index (χ1) is 11.8. The van der Waals surface area contributed by atoms with E-state index in [0.717, 1.165) is 30.3 Å². The van der Waals surface area contributed by atoms with E-state index in [0.29, 0.717) is 5.69 Å². The zero-order valence-electron chi connectivity index (χ0n) is 12.9. The number of hydrogen-bond acceptors (Lipinski definition) is 6. The third kappa shape index (κ3) is 3.00. The van der Waals surface area contributed by atoms with E-state index in [1.165, 1.54) is 11.0 Å². The summed E-state index contributed by atoms with van der Waals surface area (Å²) in [7, 11) is 0. The van der Waals surface area contributed by atoms with Crippen LogP contribution in [0.2, 0.25) is 0 Å². The predicted octanol–water partition coefficient (Wildman–Crippen LogP) is 1.73. The predicted molar refractivity (Wildman–Crippen MR) is 91.6 cm³/mol. The molecular formula is C16H16N6OS. The highest BCUT2D eigenvalue weighted by Crippen LogP contribution is 2.22. The summed E-state index contributed by atoms with van der Waals surface area (Å²) in [5.74, 6) is -0.192. The molecule has 0 aliphatic carbocycles. The minimum absolute atomic E-state index is 0.100. The topological polar surface area (TPSA) is 75.9 Å². The second-order valence-electron chi connectivity index (χ2n) is 5.57. The number of carbonyl (C=O) groups is 1. The van der Waals surface area contributed by atoms with Gasteiger partial charge in [0.15, 0.2) is 10.8 Å². The Morgan fingerprint density at radius 2 is 2.17 bits per heavy atom. The first kappa shape index (κ1) is 14.8. The van der Waals surface area contributed by atoms with Crippen LogP contribution in [0.25, 0.3) is 5.69 Å². The largest absolute Gasteiger partial charge is 0.346 e. The first-order valence-electron chi connectivity index (χ1n) is 7.73. The van der Waals surface area contributed by atoms with Gasteiger partial charge < -0.3 is 10.2 Å². The zero-order valence-corrected chi connectivity index (χ0v) is 13.7. The summed E-state index contributed by atoms with van der Waals surface area (Å²) in [6, 6.07) is 9.63. The Kier molecular flexibility index (Phi) is 3.96. The highest BCUT2D eigenvalue weighted by molar-refractivity contribution is 7.13. The lowest BCUT2D eigenvalue weighted by Gasteiger charge is -2.15. The van der Waals surface area contributed by atoms with Crippen molar-refractivity contribution in [3.63, 3.8) is 0 Å². The van der Waals surface area contributed by atoms with E-state index in [4.69, 9.17) is 0 Å². The van der Waals surface area contributed by atoms with E-state index < -0.39 is 0 Å². The lowest BCUT2D eigenvalue weighted by atomic mass is 10.2. The summed E-state index contributed by atoms with van der Waals surface area (Å²) >= 11 is 1.61. The van der Waals surface area contributed by atoms with Crippen molar-refractivity contribution in [1.82, 2.24) is 25.3 Å². The molecule has 0 bridgehead atoms. The fraction of sp³-hybridized carbons (Fsp3) is 0.250. The molecule has 0 saturated carbocycles. The number of anilines is 1. The summed E-state index contributed by atoms with van der Waals surface area (Å²) in [5, 5.41) is 14.4. The van der Waals surface area contributed by atoms with Gasteiger partial charge in [0, 0.05) is 30.7 Å². The lowest BCUT2D eigenvalue weighted by Crippen LogP contribution is -2.37. The van der Waals surface area contributed by atoms with Crippen molar-refractivity contribution in [3.8, 4) is 5.69 Å². The number of benzene rings is 1. The van der Waals surface area contributed by atoms with Crippen molar-refractivity contribution < 1.29 is 4.79 Å². The van der Waals surface area contributed by atoms with Crippen LogP contribution in [0.15, 0.2) is 48.1 Å². The molecular weight excluding hydrogens is 324 g/mol. The van der Waals surface area contributed by atoms with Gasteiger partial charge in [-0.3, -0.25) is 4.79 Å². The fourth-order valence-electron chi connectivity index (χ4n) is 2.74. The molecule has 1 aliphatic rings. The van der Waals surface area contributed by atoms with E-state index in [1.807, 2.05) is 35.7 Å². The van der Waals surface area contributed by atoms with E-state index in [9.17, 15) is 4.79 Å². The Morgan fingerprint density at radius 1 is 1.29 bits per heavy atom. The van der Waals surface area contributed by atoms with Crippen LogP contribution >= 0.6 is 11.3 Å². The molecule has 0 unspecified atom stereocenters. The van der Waals surface area contributed by atoms with E-state index in [1.54, 1.807) is 17.5 Å². The van der Waals surface area contributed by atoms with Crippen molar-refractivity contribution in [1.29, 1.82) is 0 Å². The Hall–Kier alpha value is -2.74. The van der Waals surface area contributed by atoms with Crippen LogP contribution in [0.4, 0.5) is 5.13 Å². The smallest absolute Gasteiger partial charge is 0.273 e. The van der Waals surface area contributed by atoms with Crippen molar-refractivity contribution in [3.05, 3.63) is 53.8 Å². The van der Waals surface area contributed by atoms with Gasteiger partial charge in [0.2, 0.25) is 0 Å². The van der Waals surface area contributed by atoms with Crippen LogP contribution in [0.1, 0.15) is 16.9 Å². The normalized spacial score (nSPS) is 17.2. The molecule has 3 aromatic rings. The molecule has 1 fully saturated rings. The van der Waals surface area contributed by atoms with E-state index >= 15 is 0 Å². The van der Waals surface area contributed by atoms with Crippen LogP contribution in [0, 0.1) is 0 Å². The van der Waals surface area contributed by atoms with Crippen LogP contribution in [-0.2, 0) is 0 Å². The molecule has 1 aromatic carbocycles. The number of rotatable bonds is 4. The molecule has 2 aromatic heterocycles. The highest BCUT2D eigenvalue weighted by Gasteiger charge is 2.26. The minimum atomic E-state index is -0.192. The lowest BCUT2D eigenvalue weighted by molar-refractivity contribution is 0.0935. The van der Waals surface area contributed by atoms with E-state index in [2.05, 4.69) is 25.4 Å². The second kappa shape index (κ2) is 6.40. The number of thiazole rings is 1. The van der Waals surface area contributed by atoms with Gasteiger partial charge in [-0.15, -0.1) is 16.4 Å². The van der Waals surface area contributed by atoms with Crippen molar-refractivity contribution in [2.45, 2.75) is 12.5 Å². The first-order valence-corrected chi connectivity index (χ1v) is 8.60. The average molecular weight is 340 g/mol. The number of nitrogens with zero attached hydrogens (tertiary/aromatic N) is 5. The molecule has 24 heavy (non-hydrogen) atoms. The highest BCUT2D eigenvalue weighted by atomic mass is 32.1. The van der Waals surface area contributed by atoms with Crippen molar-refractivity contribution >= 4 is 22.4 Å². The van der Waals surface area contributed by atoms with Gasteiger partial charge in [-0.1, -0.05) is 18.2 Å². The van der Waals surface area contributed by atoms with Crippen LogP contribution < -0.4 is 10.2 Å². The SMILES string of the molecule is O=C(N[C@H]1CCN(c2nccs2)C1)c1cnn(-c2ccccc2)n1. The third-order valence-electron chi connectivity index (χ3n) is 3.92. The maximum Gasteiger partial charge on any atom is 0.273 e. The monoisotopic (exact) mass is 340 g/mol. The fourth-order valence-corrected chi connectivity index (χ4v) is 3.42. The third-order valence-corrected chi connectivity index (χ3v) is 4.76. The Labute approximate surface area is 142 Å². The Balaban J connectivity index is 1.40. The van der Waals surface area contributed by atoms with Gasteiger partial charge in [-0.25, -0.2) is 4.98 Å². The molecule has 1 saturated heterocycles. The van der Waals surface area contributed by atoms with Crippen LogP contribution in [-0.4, -0.2) is 45.0 Å². The zero-order chi connectivity index (χ0) is 16.4. The van der Waals surface area contributed by atoms with Gasteiger partial charge in [0.05, 0.1) is 11.9 Å². The number of aromatic nitrogens is 4. The molecule has 4 rings (SSSR count). The Morgan fingerprint density at radius 3 is 2.96 bits per heavy atom. The minimum Gasteiger partial charge on any atom is -0.346 e. The summed E-state index contributed by atoms with van der Waals surface area (Å²) in [4.78, 5) is 20.3. The number of nitrogens with one attached hydrogen (secondary N) is 1. The summed E-state index contributed by atoms with van der Waals surface area (Å²) < 4.78 is 0. The number of amides is 1. The maximum atomic E-state index is 12.4. The molecule has 1 N–H and O–H groups in total. The van der Waals surface area contributed by atoms with Gasteiger partial charge in [-0.05, 0) is 18.6 Å². The van der Waals surface area contributed by atoms with Crippen LogP contribution in [0.5, 0.6) is 0 Å². The standard InChI is InChI=1S/C16H16N6OS/c23-15(14-10-18-22(20-14)13-4-2-1-3-5-13)19-12-6-8-21(11-12)16-17-7-9-24-16/h1-5,7,9-10,12H,6,8,11H2,(H,19,23)/t12-/m0/s1. The summed E-state index contributed by atoms with van der Waals surface area (Å²) in [6.45, 7) is 1.67. The Bertz CT molecular complexity index is 816. The molecule has 1 amide bonds. The second-order valence-corrected chi connectivity index (χ2v) is 6.45. The summed E-state index contributed by atoms with van der Waals surface area (Å²) in [5.41, 5.74) is 1.15. The quantitative estimate of drug-likeness (QED) is 0.783. The molecule has 8 heteroatoms. The number of hydrogen-bond donors (Lipinski definition) is 1. The van der Waals surface area contributed by atoms with Gasteiger partial charge >= 0.3 is 0 Å². The van der Waals surface area contributed by atoms with Gasteiger partial charge in [0.1, 0.15) is 0 Å². The van der Waals surface area contributed by atoms with Crippen molar-refractivity contribution in [2.75, 3.05) is 18.0 Å². The summed E-state index contributed by atoms with van der Waals surface area (Å²) in [6.07, 6.45) is 4.20. The van der Waals surface area contributed by atoms with Crippen LogP contribution in [0.3, 0.4) is 0 Å². The molecule has 0 spiro atoms. The van der Waals surface area contributed by atoms with Gasteiger partial charge in [0.25, 0.3) is 5.91 Å². The van der Waals surface area contributed by atoms with Gasteiger partial charge in [-0.2, -0.15) is 9.90 Å². The number of para-hydroxylation sites is 1. The number of carbonyl (C=O) groups excluding carboxylic acids is 1. The maximum absolute atomic E-state index is 12.4. The molecule has 1 atom stereocenters. The van der Waals surface area contributed by atoms with Crippen molar-refractivity contribution in [2.24, 2.45) is 0 Å². The molecule has 0 radical (unpaired) electrons.